The van der Waals surface area contributed by atoms with Gasteiger partial charge in [0.15, 0.2) is 5.82 Å². The van der Waals surface area contributed by atoms with Crippen LogP contribution in [0.5, 0.6) is 0 Å². The first-order chi connectivity index (χ1) is 11.8. The van der Waals surface area contributed by atoms with E-state index in [1.54, 1.807) is 4.68 Å². The second kappa shape index (κ2) is 6.51. The van der Waals surface area contributed by atoms with Crippen molar-refractivity contribution in [2.24, 2.45) is 5.73 Å². The molecule has 25 heavy (non-hydrogen) atoms. The van der Waals surface area contributed by atoms with Gasteiger partial charge in [0.2, 0.25) is 17.5 Å². The van der Waals surface area contributed by atoms with Crippen molar-refractivity contribution in [3.05, 3.63) is 46.9 Å². The number of hydrogen-bond acceptors (Lipinski definition) is 5. The van der Waals surface area contributed by atoms with Gasteiger partial charge in [-0.05, 0) is 37.0 Å². The lowest BCUT2D eigenvalue weighted by Gasteiger charge is -2.08. The first-order valence-corrected chi connectivity index (χ1v) is 8.14. The molecule has 3 aromatic rings. The van der Waals surface area contributed by atoms with Crippen LogP contribution in [0.4, 0.5) is 0 Å². The Balaban J connectivity index is 2.16. The van der Waals surface area contributed by atoms with E-state index in [-0.39, 0.29) is 12.3 Å². The van der Waals surface area contributed by atoms with Crippen LogP contribution < -0.4 is 5.73 Å². The predicted octanol–water partition coefficient (Wildman–Crippen LogP) is 2.69. The molecule has 0 fully saturated rings. The van der Waals surface area contributed by atoms with Crippen molar-refractivity contribution in [3.63, 3.8) is 0 Å². The van der Waals surface area contributed by atoms with Crippen LogP contribution in [-0.2, 0) is 11.2 Å². The molecule has 1 aromatic carbocycles. The van der Waals surface area contributed by atoms with Crippen LogP contribution in [0.3, 0.4) is 0 Å². The van der Waals surface area contributed by atoms with E-state index in [4.69, 9.17) is 10.3 Å². The molecule has 0 saturated carbocycles. The van der Waals surface area contributed by atoms with Gasteiger partial charge in [-0.3, -0.25) is 4.79 Å². The zero-order valence-corrected chi connectivity index (χ0v) is 14.8. The standard InChI is InChI=1S/C18H21N5O2/c1-10(2)13-8-15(25-22-13)18-20-17(9-16(19)24)21-23(18)14-7-11(3)5-6-12(14)4/h5-8,10H,9H2,1-4H3,(H2,19,24). The molecule has 0 atom stereocenters. The highest BCUT2D eigenvalue weighted by molar-refractivity contribution is 5.75. The van der Waals surface area contributed by atoms with Gasteiger partial charge in [-0.2, -0.15) is 5.10 Å². The van der Waals surface area contributed by atoms with Gasteiger partial charge in [-0.15, -0.1) is 0 Å². The molecule has 130 valence electrons. The molecule has 7 heteroatoms. The average Bonchev–Trinajstić information content (AvgIpc) is 3.15. The summed E-state index contributed by atoms with van der Waals surface area (Å²) in [5.41, 5.74) is 9.14. The molecule has 0 unspecified atom stereocenters. The largest absolute Gasteiger partial charge is 0.369 e. The first kappa shape index (κ1) is 16.9. The van der Waals surface area contributed by atoms with E-state index in [9.17, 15) is 4.79 Å². The number of rotatable bonds is 5. The van der Waals surface area contributed by atoms with E-state index in [2.05, 4.69) is 15.2 Å². The minimum absolute atomic E-state index is 0.0317. The Morgan fingerprint density at radius 2 is 2.04 bits per heavy atom. The Kier molecular flexibility index (Phi) is 4.39. The second-order valence-electron chi connectivity index (χ2n) is 6.47. The average molecular weight is 339 g/mol. The first-order valence-electron chi connectivity index (χ1n) is 8.14. The van der Waals surface area contributed by atoms with Crippen LogP contribution in [0.25, 0.3) is 17.3 Å². The summed E-state index contributed by atoms with van der Waals surface area (Å²) in [7, 11) is 0. The Hall–Kier alpha value is -2.96. The zero-order chi connectivity index (χ0) is 18.1. The Labute approximate surface area is 145 Å². The molecule has 1 amide bonds. The summed E-state index contributed by atoms with van der Waals surface area (Å²) in [5, 5.41) is 8.56. The lowest BCUT2D eigenvalue weighted by Crippen LogP contribution is -2.14. The van der Waals surface area contributed by atoms with Gasteiger partial charge in [-0.1, -0.05) is 31.1 Å². The van der Waals surface area contributed by atoms with Crippen LogP contribution in [0.2, 0.25) is 0 Å². The predicted molar refractivity (Wildman–Crippen MR) is 93.3 cm³/mol. The molecule has 0 aliphatic carbocycles. The number of aromatic nitrogens is 4. The molecule has 0 saturated heterocycles. The monoisotopic (exact) mass is 339 g/mol. The van der Waals surface area contributed by atoms with Crippen molar-refractivity contribution in [2.45, 2.75) is 40.0 Å². The maximum atomic E-state index is 11.3. The van der Waals surface area contributed by atoms with E-state index in [0.717, 1.165) is 22.5 Å². The molecule has 2 heterocycles. The third-order valence-electron chi connectivity index (χ3n) is 3.92. The van der Waals surface area contributed by atoms with E-state index in [0.29, 0.717) is 17.4 Å². The fourth-order valence-corrected chi connectivity index (χ4v) is 2.53. The number of benzene rings is 1. The van der Waals surface area contributed by atoms with Crippen molar-refractivity contribution in [3.8, 4) is 17.3 Å². The maximum absolute atomic E-state index is 11.3. The normalized spacial score (nSPS) is 11.2. The Morgan fingerprint density at radius 1 is 1.28 bits per heavy atom. The number of aryl methyl sites for hydroxylation is 2. The lowest BCUT2D eigenvalue weighted by atomic mass is 10.1. The number of primary amides is 1. The number of hydrogen-bond donors (Lipinski definition) is 1. The number of nitrogens with two attached hydrogens (primary N) is 1. The summed E-state index contributed by atoms with van der Waals surface area (Å²) < 4.78 is 7.16. The van der Waals surface area contributed by atoms with Crippen LogP contribution in [0, 0.1) is 13.8 Å². The van der Waals surface area contributed by atoms with Crippen LogP contribution >= 0.6 is 0 Å². The second-order valence-corrected chi connectivity index (χ2v) is 6.47. The molecule has 0 aliphatic heterocycles. The highest BCUT2D eigenvalue weighted by Crippen LogP contribution is 2.26. The summed E-state index contributed by atoms with van der Waals surface area (Å²) in [6.07, 6.45) is -0.0317. The Bertz CT molecular complexity index is 923. The van der Waals surface area contributed by atoms with Gasteiger partial charge in [-0.25, -0.2) is 9.67 Å². The van der Waals surface area contributed by atoms with Crippen molar-refractivity contribution in [1.82, 2.24) is 19.9 Å². The van der Waals surface area contributed by atoms with Crippen molar-refractivity contribution in [1.29, 1.82) is 0 Å². The third kappa shape index (κ3) is 3.45. The minimum atomic E-state index is -0.481. The summed E-state index contributed by atoms with van der Waals surface area (Å²) in [6, 6.07) is 7.92. The third-order valence-corrected chi connectivity index (χ3v) is 3.92. The fourth-order valence-electron chi connectivity index (χ4n) is 2.53. The van der Waals surface area contributed by atoms with Crippen molar-refractivity contribution < 1.29 is 9.32 Å². The summed E-state index contributed by atoms with van der Waals surface area (Å²) in [5.74, 6) is 1.12. The van der Waals surface area contributed by atoms with Gasteiger partial charge in [0.05, 0.1) is 17.8 Å². The van der Waals surface area contributed by atoms with Gasteiger partial charge < -0.3 is 10.3 Å². The van der Waals surface area contributed by atoms with Crippen LogP contribution in [0.15, 0.2) is 28.8 Å². The number of amides is 1. The van der Waals surface area contributed by atoms with E-state index in [1.165, 1.54) is 0 Å². The SMILES string of the molecule is Cc1ccc(C)c(-n2nc(CC(N)=O)nc2-c2cc(C(C)C)no2)c1. The molecule has 0 radical (unpaired) electrons. The molecule has 2 N–H and O–H groups in total. The van der Waals surface area contributed by atoms with Gasteiger partial charge in [0.25, 0.3) is 0 Å². The summed E-state index contributed by atoms with van der Waals surface area (Å²) in [4.78, 5) is 15.7. The molecule has 7 nitrogen and oxygen atoms in total. The van der Waals surface area contributed by atoms with E-state index in [1.807, 2.05) is 52.0 Å². The lowest BCUT2D eigenvalue weighted by molar-refractivity contribution is -0.117. The molecule has 0 spiro atoms. The minimum Gasteiger partial charge on any atom is -0.369 e. The topological polar surface area (TPSA) is 99.8 Å². The van der Waals surface area contributed by atoms with E-state index >= 15 is 0 Å². The van der Waals surface area contributed by atoms with Gasteiger partial charge in [0.1, 0.15) is 0 Å². The number of carbonyl (C=O) groups excluding carboxylic acids is 1. The Morgan fingerprint density at radius 3 is 2.68 bits per heavy atom. The summed E-state index contributed by atoms with van der Waals surface area (Å²) >= 11 is 0. The highest BCUT2D eigenvalue weighted by atomic mass is 16.5. The molecular weight excluding hydrogens is 318 g/mol. The quantitative estimate of drug-likeness (QED) is 0.770. The number of nitrogens with zero attached hydrogens (tertiary/aromatic N) is 4. The molecule has 0 bridgehead atoms. The smallest absolute Gasteiger partial charge is 0.225 e. The van der Waals surface area contributed by atoms with Crippen LogP contribution in [0.1, 0.15) is 42.4 Å². The molecule has 3 rings (SSSR count). The fraction of sp³-hybridized carbons (Fsp3) is 0.333. The van der Waals surface area contributed by atoms with Gasteiger partial charge in [0, 0.05) is 6.07 Å². The van der Waals surface area contributed by atoms with Crippen molar-refractivity contribution in [2.75, 3.05) is 0 Å². The highest BCUT2D eigenvalue weighted by Gasteiger charge is 2.20. The molecule has 0 aliphatic rings. The number of carbonyl (C=O) groups is 1. The summed E-state index contributed by atoms with van der Waals surface area (Å²) in [6.45, 7) is 8.08. The molecule has 2 aromatic heterocycles. The van der Waals surface area contributed by atoms with Crippen molar-refractivity contribution >= 4 is 5.91 Å². The van der Waals surface area contributed by atoms with Gasteiger partial charge >= 0.3 is 0 Å². The zero-order valence-electron chi connectivity index (χ0n) is 14.8. The maximum Gasteiger partial charge on any atom is 0.225 e. The van der Waals surface area contributed by atoms with E-state index < -0.39 is 5.91 Å². The van der Waals surface area contributed by atoms with Crippen LogP contribution in [-0.4, -0.2) is 25.8 Å². The molecular formula is C18H21N5O2.